The van der Waals surface area contributed by atoms with Crippen molar-refractivity contribution in [3.63, 3.8) is 0 Å². The summed E-state index contributed by atoms with van der Waals surface area (Å²) < 4.78 is 13.6. The van der Waals surface area contributed by atoms with Crippen molar-refractivity contribution in [2.24, 2.45) is 0 Å². The summed E-state index contributed by atoms with van der Waals surface area (Å²) in [6.07, 6.45) is 0. The lowest BCUT2D eigenvalue weighted by molar-refractivity contribution is 0.607. The fourth-order valence-corrected chi connectivity index (χ4v) is 2.11. The fraction of sp³-hybridized carbons (Fsp3) is 0.267. The zero-order valence-corrected chi connectivity index (χ0v) is 11.8. The third-order valence-electron chi connectivity index (χ3n) is 2.91. The van der Waals surface area contributed by atoms with Crippen molar-refractivity contribution in [1.82, 2.24) is 4.98 Å². The van der Waals surface area contributed by atoms with Gasteiger partial charge in [0.1, 0.15) is 11.6 Å². The highest BCUT2D eigenvalue weighted by Gasteiger charge is 2.08. The zero-order chi connectivity index (χ0) is 13.8. The fourth-order valence-electron chi connectivity index (χ4n) is 1.96. The average Bonchev–Trinajstić information content (AvgIpc) is 2.40. The zero-order valence-electron chi connectivity index (χ0n) is 11.0. The van der Waals surface area contributed by atoms with Crippen molar-refractivity contribution >= 4 is 17.4 Å². The number of aromatic nitrogens is 1. The highest BCUT2D eigenvalue weighted by molar-refractivity contribution is 6.17. The molecule has 0 N–H and O–H groups in total. The smallest absolute Gasteiger partial charge is 0.129 e. The number of hydrogen-bond donors (Lipinski definition) is 0. The van der Waals surface area contributed by atoms with Gasteiger partial charge in [-0.1, -0.05) is 18.2 Å². The molecule has 4 heteroatoms. The summed E-state index contributed by atoms with van der Waals surface area (Å²) in [4.78, 5) is 6.37. The van der Waals surface area contributed by atoms with Crippen LogP contribution in [0.4, 0.5) is 10.2 Å². The molecule has 0 spiro atoms. The van der Waals surface area contributed by atoms with Crippen LogP contribution < -0.4 is 4.90 Å². The summed E-state index contributed by atoms with van der Waals surface area (Å²) in [6, 6.07) is 10.7. The first-order valence-corrected chi connectivity index (χ1v) is 6.61. The molecule has 19 heavy (non-hydrogen) atoms. The van der Waals surface area contributed by atoms with Crippen LogP contribution in [-0.4, -0.2) is 12.0 Å². The van der Waals surface area contributed by atoms with Crippen molar-refractivity contribution < 1.29 is 4.39 Å². The number of halogens is 2. The van der Waals surface area contributed by atoms with Crippen LogP contribution in [0.5, 0.6) is 0 Å². The van der Waals surface area contributed by atoms with Gasteiger partial charge in [-0.25, -0.2) is 9.37 Å². The maximum Gasteiger partial charge on any atom is 0.129 e. The van der Waals surface area contributed by atoms with E-state index < -0.39 is 0 Å². The van der Waals surface area contributed by atoms with Crippen LogP contribution in [0.25, 0.3) is 0 Å². The highest BCUT2D eigenvalue weighted by atomic mass is 35.5. The van der Waals surface area contributed by atoms with Gasteiger partial charge in [0.25, 0.3) is 0 Å². The molecule has 100 valence electrons. The van der Waals surface area contributed by atoms with E-state index in [2.05, 4.69) is 4.98 Å². The normalized spacial score (nSPS) is 10.5. The number of anilines is 1. The topological polar surface area (TPSA) is 16.1 Å². The Labute approximate surface area is 117 Å². The Balaban J connectivity index is 2.22. The van der Waals surface area contributed by atoms with Crippen LogP contribution in [0.3, 0.4) is 0 Å². The van der Waals surface area contributed by atoms with Crippen molar-refractivity contribution in [3.8, 4) is 0 Å². The van der Waals surface area contributed by atoms with Gasteiger partial charge < -0.3 is 4.90 Å². The van der Waals surface area contributed by atoms with E-state index in [0.29, 0.717) is 18.0 Å². The number of aryl methyl sites for hydroxylation is 1. The van der Waals surface area contributed by atoms with Crippen molar-refractivity contribution in [2.75, 3.05) is 11.9 Å². The second-order valence-corrected chi connectivity index (χ2v) is 4.82. The lowest BCUT2D eigenvalue weighted by Crippen LogP contribution is -2.19. The molecular weight excluding hydrogens is 263 g/mol. The third-order valence-corrected chi connectivity index (χ3v) is 3.22. The lowest BCUT2D eigenvalue weighted by atomic mass is 10.2. The van der Waals surface area contributed by atoms with E-state index in [1.807, 2.05) is 37.1 Å². The lowest BCUT2D eigenvalue weighted by Gasteiger charge is -2.19. The first-order chi connectivity index (χ1) is 9.10. The van der Waals surface area contributed by atoms with Gasteiger partial charge in [0.2, 0.25) is 0 Å². The summed E-state index contributed by atoms with van der Waals surface area (Å²) in [5.41, 5.74) is 2.58. The van der Waals surface area contributed by atoms with E-state index in [4.69, 9.17) is 11.6 Å². The number of alkyl halides is 1. The predicted octanol–water partition coefficient (Wildman–Crippen LogP) is 3.90. The number of benzene rings is 1. The van der Waals surface area contributed by atoms with Crippen LogP contribution in [0.1, 0.15) is 16.8 Å². The molecule has 0 radical (unpaired) electrons. The minimum Gasteiger partial charge on any atom is -0.355 e. The van der Waals surface area contributed by atoms with E-state index in [-0.39, 0.29) is 5.82 Å². The van der Waals surface area contributed by atoms with Gasteiger partial charge in [-0.2, -0.15) is 0 Å². The Hall–Kier alpha value is -1.61. The first-order valence-electron chi connectivity index (χ1n) is 6.08. The van der Waals surface area contributed by atoms with Gasteiger partial charge in [0, 0.05) is 30.7 Å². The number of pyridine rings is 1. The second kappa shape index (κ2) is 6.02. The molecule has 0 saturated heterocycles. The molecule has 0 saturated carbocycles. The number of nitrogens with zero attached hydrogens (tertiary/aromatic N) is 2. The molecule has 0 atom stereocenters. The average molecular weight is 279 g/mol. The van der Waals surface area contributed by atoms with Gasteiger partial charge in [0.15, 0.2) is 0 Å². The van der Waals surface area contributed by atoms with E-state index in [1.54, 1.807) is 12.1 Å². The van der Waals surface area contributed by atoms with Crippen molar-refractivity contribution in [1.29, 1.82) is 0 Å². The second-order valence-electron chi connectivity index (χ2n) is 4.56. The molecule has 0 amide bonds. The number of rotatable bonds is 4. The predicted molar refractivity (Wildman–Crippen MR) is 77.0 cm³/mol. The van der Waals surface area contributed by atoms with Gasteiger partial charge in [-0.15, -0.1) is 11.6 Å². The van der Waals surface area contributed by atoms with E-state index in [9.17, 15) is 4.39 Å². The Morgan fingerprint density at radius 2 is 2.00 bits per heavy atom. The largest absolute Gasteiger partial charge is 0.355 e. The summed E-state index contributed by atoms with van der Waals surface area (Å²) >= 11 is 5.85. The third kappa shape index (κ3) is 3.44. The maximum atomic E-state index is 13.6. The maximum absolute atomic E-state index is 13.6. The SMILES string of the molecule is Cc1cc(CCl)cc(N(C)Cc2ccccc2F)n1. The monoisotopic (exact) mass is 278 g/mol. The molecule has 1 aromatic heterocycles. The van der Waals surface area contributed by atoms with Crippen LogP contribution in [0.15, 0.2) is 36.4 Å². The van der Waals surface area contributed by atoms with Crippen molar-refractivity contribution in [2.45, 2.75) is 19.3 Å². The Kier molecular flexibility index (Phi) is 4.38. The van der Waals surface area contributed by atoms with E-state index in [1.165, 1.54) is 6.07 Å². The molecule has 0 unspecified atom stereocenters. The van der Waals surface area contributed by atoms with Gasteiger partial charge in [-0.3, -0.25) is 0 Å². The van der Waals surface area contributed by atoms with Gasteiger partial charge >= 0.3 is 0 Å². The first kappa shape index (κ1) is 13.8. The molecule has 0 bridgehead atoms. The minimum atomic E-state index is -0.195. The van der Waals surface area contributed by atoms with Crippen LogP contribution >= 0.6 is 11.6 Å². The Bertz CT molecular complexity index is 572. The molecule has 0 aliphatic carbocycles. The minimum absolute atomic E-state index is 0.195. The van der Waals surface area contributed by atoms with Crippen LogP contribution in [0, 0.1) is 12.7 Å². The molecule has 2 nitrogen and oxygen atoms in total. The van der Waals surface area contributed by atoms with Gasteiger partial charge in [-0.05, 0) is 30.7 Å². The van der Waals surface area contributed by atoms with Crippen LogP contribution in [-0.2, 0) is 12.4 Å². The van der Waals surface area contributed by atoms with E-state index in [0.717, 1.165) is 17.1 Å². The Morgan fingerprint density at radius 1 is 1.26 bits per heavy atom. The van der Waals surface area contributed by atoms with Crippen molar-refractivity contribution in [3.05, 3.63) is 59.0 Å². The summed E-state index contributed by atoms with van der Waals surface area (Å²) in [6.45, 7) is 2.40. The highest BCUT2D eigenvalue weighted by Crippen LogP contribution is 2.18. The molecule has 0 aliphatic heterocycles. The molecule has 0 aliphatic rings. The number of hydrogen-bond acceptors (Lipinski definition) is 2. The molecule has 1 heterocycles. The quantitative estimate of drug-likeness (QED) is 0.789. The van der Waals surface area contributed by atoms with Crippen LogP contribution in [0.2, 0.25) is 0 Å². The molecular formula is C15H16ClFN2. The molecule has 2 rings (SSSR count). The summed E-state index contributed by atoms with van der Waals surface area (Å²) in [5, 5.41) is 0. The molecule has 2 aromatic rings. The standard InChI is InChI=1S/C15H16ClFN2/c1-11-7-12(9-16)8-15(18-11)19(2)10-13-5-3-4-6-14(13)17/h3-8H,9-10H2,1-2H3. The molecule has 1 aromatic carbocycles. The summed E-state index contributed by atoms with van der Waals surface area (Å²) in [5.74, 6) is 1.06. The summed E-state index contributed by atoms with van der Waals surface area (Å²) in [7, 11) is 1.90. The van der Waals surface area contributed by atoms with E-state index >= 15 is 0 Å². The van der Waals surface area contributed by atoms with Gasteiger partial charge in [0.05, 0.1) is 0 Å². The Morgan fingerprint density at radius 3 is 2.68 bits per heavy atom. The molecule has 0 fully saturated rings.